The molecule has 0 saturated heterocycles. The van der Waals surface area contributed by atoms with Crippen molar-refractivity contribution in [3.8, 4) is 5.75 Å². The largest absolute Gasteiger partial charge is 0.492 e. The van der Waals surface area contributed by atoms with E-state index >= 15 is 0 Å². The summed E-state index contributed by atoms with van der Waals surface area (Å²) in [5.41, 5.74) is 1.32. The molecule has 29 heavy (non-hydrogen) atoms. The normalized spacial score (nSPS) is 11.0. The Labute approximate surface area is 172 Å². The highest BCUT2D eigenvalue weighted by molar-refractivity contribution is 5.91. The summed E-state index contributed by atoms with van der Waals surface area (Å²) in [5, 5.41) is 9.33. The second-order valence-electron chi connectivity index (χ2n) is 7.85. The lowest BCUT2D eigenvalue weighted by Gasteiger charge is -2.27. The maximum absolute atomic E-state index is 12.6. The molecule has 2 aromatic rings. The van der Waals surface area contributed by atoms with Crippen LogP contribution in [-0.2, 0) is 11.3 Å². The lowest BCUT2D eigenvalue weighted by Crippen LogP contribution is -2.37. The number of carboxylic acid groups (broad SMARTS) is 1. The summed E-state index contributed by atoms with van der Waals surface area (Å²) in [6.07, 6.45) is 0.155. The summed E-state index contributed by atoms with van der Waals surface area (Å²) in [6, 6.07) is 14.7. The van der Waals surface area contributed by atoms with Gasteiger partial charge in [-0.3, -0.25) is 0 Å². The lowest BCUT2D eigenvalue weighted by atomic mass is 10.1. The molecule has 156 valence electrons. The van der Waals surface area contributed by atoms with Crippen LogP contribution in [0.1, 0.15) is 48.7 Å². The summed E-state index contributed by atoms with van der Waals surface area (Å²) < 4.78 is 11.3. The first-order valence-electron chi connectivity index (χ1n) is 9.65. The topological polar surface area (TPSA) is 76.1 Å². The van der Waals surface area contributed by atoms with E-state index in [1.54, 1.807) is 11.0 Å². The molecular formula is C23H29NO5. The number of carboxylic acids is 1. The second-order valence-corrected chi connectivity index (χ2v) is 7.85. The Bertz CT molecular complexity index is 827. The van der Waals surface area contributed by atoms with E-state index in [1.807, 2.05) is 64.1 Å². The Morgan fingerprint density at radius 2 is 1.72 bits per heavy atom. The molecule has 0 aliphatic rings. The van der Waals surface area contributed by atoms with Crippen LogP contribution >= 0.6 is 0 Å². The second kappa shape index (κ2) is 9.96. The van der Waals surface area contributed by atoms with Crippen LogP contribution in [0, 0.1) is 6.92 Å². The van der Waals surface area contributed by atoms with Gasteiger partial charge in [-0.2, -0.15) is 0 Å². The number of aromatic carboxylic acids is 1. The van der Waals surface area contributed by atoms with Crippen molar-refractivity contribution in [1.82, 2.24) is 4.90 Å². The van der Waals surface area contributed by atoms with E-state index in [0.29, 0.717) is 31.9 Å². The SMILES string of the molecule is Cc1cccc(C(=O)O)c1OCCCN(Cc1ccccc1)C(=O)OC(C)(C)C. The van der Waals surface area contributed by atoms with Crippen LogP contribution in [0.3, 0.4) is 0 Å². The third-order valence-corrected chi connectivity index (χ3v) is 4.13. The van der Waals surface area contributed by atoms with E-state index < -0.39 is 11.6 Å². The van der Waals surface area contributed by atoms with E-state index in [9.17, 15) is 14.7 Å². The van der Waals surface area contributed by atoms with Crippen LogP contribution in [0.2, 0.25) is 0 Å². The number of nitrogens with zero attached hydrogens (tertiary/aromatic N) is 1. The Kier molecular flexibility index (Phi) is 7.65. The van der Waals surface area contributed by atoms with Crippen LogP contribution in [0.25, 0.3) is 0 Å². The van der Waals surface area contributed by atoms with Gasteiger partial charge in [-0.15, -0.1) is 0 Å². The highest BCUT2D eigenvalue weighted by Gasteiger charge is 2.22. The van der Waals surface area contributed by atoms with Crippen molar-refractivity contribution in [2.75, 3.05) is 13.2 Å². The standard InChI is InChI=1S/C23H29NO5/c1-17-10-8-13-19(21(25)26)20(17)28-15-9-14-24(22(27)29-23(2,3)4)16-18-11-6-5-7-12-18/h5-8,10-13H,9,14-16H2,1-4H3,(H,25,26). The smallest absolute Gasteiger partial charge is 0.410 e. The molecule has 1 N–H and O–H groups in total. The highest BCUT2D eigenvalue weighted by atomic mass is 16.6. The third kappa shape index (κ3) is 7.14. The fourth-order valence-electron chi connectivity index (χ4n) is 2.81. The van der Waals surface area contributed by atoms with Crippen molar-refractivity contribution >= 4 is 12.1 Å². The number of para-hydroxylation sites is 1. The van der Waals surface area contributed by atoms with E-state index in [2.05, 4.69) is 0 Å². The van der Waals surface area contributed by atoms with Crippen molar-refractivity contribution in [1.29, 1.82) is 0 Å². The van der Waals surface area contributed by atoms with Crippen LogP contribution in [0.15, 0.2) is 48.5 Å². The molecule has 0 bridgehead atoms. The summed E-state index contributed by atoms with van der Waals surface area (Å²) in [7, 11) is 0. The summed E-state index contributed by atoms with van der Waals surface area (Å²) >= 11 is 0. The molecule has 0 aliphatic carbocycles. The molecule has 2 aromatic carbocycles. The van der Waals surface area contributed by atoms with Gasteiger partial charge >= 0.3 is 12.1 Å². The number of hydrogen-bond donors (Lipinski definition) is 1. The Balaban J connectivity index is 2.01. The number of benzene rings is 2. The van der Waals surface area contributed by atoms with Gasteiger partial charge in [-0.25, -0.2) is 9.59 Å². The molecule has 0 saturated carbocycles. The first kappa shape index (κ1) is 22.3. The minimum atomic E-state index is -1.02. The summed E-state index contributed by atoms with van der Waals surface area (Å²) in [5.74, 6) is -0.657. The molecule has 6 heteroatoms. The number of carbonyl (C=O) groups is 2. The van der Waals surface area contributed by atoms with Crippen LogP contribution in [-0.4, -0.2) is 40.8 Å². The molecule has 0 spiro atoms. The van der Waals surface area contributed by atoms with E-state index in [0.717, 1.165) is 11.1 Å². The maximum atomic E-state index is 12.6. The predicted molar refractivity (Wildman–Crippen MR) is 111 cm³/mol. The molecular weight excluding hydrogens is 370 g/mol. The van der Waals surface area contributed by atoms with Gasteiger partial charge in [0.15, 0.2) is 0 Å². The first-order valence-corrected chi connectivity index (χ1v) is 9.65. The fourth-order valence-corrected chi connectivity index (χ4v) is 2.81. The molecule has 0 fully saturated rings. The number of carbonyl (C=O) groups excluding carboxylic acids is 1. The molecule has 1 amide bonds. The van der Waals surface area contributed by atoms with Crippen LogP contribution in [0.4, 0.5) is 4.79 Å². The molecule has 0 aliphatic heterocycles. The Morgan fingerprint density at radius 3 is 2.34 bits per heavy atom. The number of ether oxygens (including phenoxy) is 2. The Morgan fingerprint density at radius 1 is 1.03 bits per heavy atom. The van der Waals surface area contributed by atoms with Crippen molar-refractivity contribution in [3.05, 3.63) is 65.2 Å². The maximum Gasteiger partial charge on any atom is 0.410 e. The monoisotopic (exact) mass is 399 g/mol. The van der Waals surface area contributed by atoms with Gasteiger partial charge in [0.2, 0.25) is 0 Å². The van der Waals surface area contributed by atoms with E-state index in [4.69, 9.17) is 9.47 Å². The summed E-state index contributed by atoms with van der Waals surface area (Å²) in [4.78, 5) is 25.6. The number of aryl methyl sites for hydroxylation is 1. The molecule has 0 unspecified atom stereocenters. The van der Waals surface area contributed by atoms with Crippen LogP contribution < -0.4 is 4.74 Å². The molecule has 0 heterocycles. The van der Waals surface area contributed by atoms with Gasteiger partial charge in [0, 0.05) is 13.1 Å². The van der Waals surface area contributed by atoms with Gasteiger partial charge in [0.1, 0.15) is 16.9 Å². The number of hydrogen-bond acceptors (Lipinski definition) is 4. The average molecular weight is 399 g/mol. The van der Waals surface area contributed by atoms with Gasteiger partial charge < -0.3 is 19.5 Å². The molecule has 0 aromatic heterocycles. The van der Waals surface area contributed by atoms with Gasteiger partial charge in [-0.05, 0) is 51.3 Å². The first-order chi connectivity index (χ1) is 13.7. The number of rotatable bonds is 8. The predicted octanol–water partition coefficient (Wildman–Crippen LogP) is 4.90. The third-order valence-electron chi connectivity index (χ3n) is 4.13. The van der Waals surface area contributed by atoms with Gasteiger partial charge in [0.25, 0.3) is 0 Å². The van der Waals surface area contributed by atoms with Gasteiger partial charge in [-0.1, -0.05) is 42.5 Å². The zero-order valence-electron chi connectivity index (χ0n) is 17.5. The Hall–Kier alpha value is -3.02. The van der Waals surface area contributed by atoms with E-state index in [1.165, 1.54) is 6.07 Å². The summed E-state index contributed by atoms with van der Waals surface area (Å²) in [6.45, 7) is 8.46. The van der Waals surface area contributed by atoms with Crippen LogP contribution in [0.5, 0.6) is 5.75 Å². The average Bonchev–Trinajstić information content (AvgIpc) is 2.64. The molecule has 0 radical (unpaired) electrons. The zero-order chi connectivity index (χ0) is 21.4. The fraction of sp³-hybridized carbons (Fsp3) is 0.391. The minimum absolute atomic E-state index is 0.137. The van der Waals surface area contributed by atoms with Crippen molar-refractivity contribution in [2.45, 2.75) is 46.3 Å². The van der Waals surface area contributed by atoms with E-state index in [-0.39, 0.29) is 11.7 Å². The lowest BCUT2D eigenvalue weighted by molar-refractivity contribution is 0.0225. The zero-order valence-corrected chi connectivity index (χ0v) is 17.5. The molecule has 0 atom stereocenters. The highest BCUT2D eigenvalue weighted by Crippen LogP contribution is 2.23. The minimum Gasteiger partial charge on any atom is -0.492 e. The quantitative estimate of drug-likeness (QED) is 0.639. The number of amides is 1. The molecule has 6 nitrogen and oxygen atoms in total. The molecule has 2 rings (SSSR count). The van der Waals surface area contributed by atoms with Crippen molar-refractivity contribution in [3.63, 3.8) is 0 Å². The van der Waals surface area contributed by atoms with Crippen molar-refractivity contribution in [2.24, 2.45) is 0 Å². The van der Waals surface area contributed by atoms with Crippen molar-refractivity contribution < 1.29 is 24.2 Å². The van der Waals surface area contributed by atoms with Gasteiger partial charge in [0.05, 0.1) is 6.61 Å².